The summed E-state index contributed by atoms with van der Waals surface area (Å²) in [5.41, 5.74) is 0. The van der Waals surface area contributed by atoms with E-state index in [2.05, 4.69) is 16.8 Å². The molecule has 0 bridgehead atoms. The smallest absolute Gasteiger partial charge is 0.320 e. The second kappa shape index (κ2) is 5.14. The van der Waals surface area contributed by atoms with E-state index >= 15 is 0 Å². The van der Waals surface area contributed by atoms with Crippen molar-refractivity contribution >= 4 is 17.3 Å². The highest BCUT2D eigenvalue weighted by Gasteiger charge is 2.31. The quantitative estimate of drug-likeness (QED) is 0.898. The van der Waals surface area contributed by atoms with Crippen molar-refractivity contribution in [2.75, 3.05) is 6.54 Å². The van der Waals surface area contributed by atoms with Gasteiger partial charge in [-0.25, -0.2) is 4.98 Å². The van der Waals surface area contributed by atoms with Crippen LogP contribution in [0.3, 0.4) is 0 Å². The Morgan fingerprint density at radius 3 is 3.06 bits per heavy atom. The fourth-order valence-electron chi connectivity index (χ4n) is 2.31. The molecule has 2 unspecified atom stereocenters. The Bertz CT molecular complexity index is 405. The van der Waals surface area contributed by atoms with Gasteiger partial charge in [0, 0.05) is 17.6 Å². The van der Waals surface area contributed by atoms with E-state index in [1.54, 1.807) is 11.3 Å². The second-order valence-corrected chi connectivity index (χ2v) is 6.12. The van der Waals surface area contributed by atoms with Crippen LogP contribution in [0.1, 0.15) is 29.7 Å². The largest absolute Gasteiger partial charge is 0.480 e. The molecule has 0 aromatic carbocycles. The van der Waals surface area contributed by atoms with Gasteiger partial charge >= 0.3 is 5.97 Å². The molecule has 2 atom stereocenters. The SMILES string of the molecule is Cc1ncc(CN2CCC(C)CC2C(=O)O)s1. The average molecular weight is 254 g/mol. The van der Waals surface area contributed by atoms with Gasteiger partial charge < -0.3 is 5.11 Å². The van der Waals surface area contributed by atoms with Crippen LogP contribution in [0.5, 0.6) is 0 Å². The lowest BCUT2D eigenvalue weighted by atomic mass is 9.92. The minimum absolute atomic E-state index is 0.332. The van der Waals surface area contributed by atoms with Gasteiger partial charge in [0.05, 0.1) is 5.01 Å². The number of carboxylic acids is 1. The summed E-state index contributed by atoms with van der Waals surface area (Å²) in [6.45, 7) is 5.69. The van der Waals surface area contributed by atoms with Gasteiger partial charge in [0.15, 0.2) is 0 Å². The maximum atomic E-state index is 11.3. The van der Waals surface area contributed by atoms with Crippen LogP contribution in [0.25, 0.3) is 0 Å². The van der Waals surface area contributed by atoms with Gasteiger partial charge in [-0.3, -0.25) is 9.69 Å². The third-order valence-electron chi connectivity index (χ3n) is 3.29. The molecule has 2 rings (SSSR count). The Morgan fingerprint density at radius 2 is 2.47 bits per heavy atom. The van der Waals surface area contributed by atoms with Crippen molar-refractivity contribution in [3.8, 4) is 0 Å². The third-order valence-corrected chi connectivity index (χ3v) is 4.19. The molecule has 1 aromatic rings. The number of carbonyl (C=O) groups is 1. The second-order valence-electron chi connectivity index (χ2n) is 4.80. The lowest BCUT2D eigenvalue weighted by Crippen LogP contribution is -2.46. The molecular weight excluding hydrogens is 236 g/mol. The first-order valence-electron chi connectivity index (χ1n) is 5.94. The standard InChI is InChI=1S/C12H18N2O2S/c1-8-3-4-14(11(5-8)12(15)16)7-10-6-13-9(2)17-10/h6,8,11H,3-5,7H2,1-2H3,(H,15,16). The van der Waals surface area contributed by atoms with E-state index in [9.17, 15) is 9.90 Å². The number of hydrogen-bond acceptors (Lipinski definition) is 4. The van der Waals surface area contributed by atoms with E-state index in [0.29, 0.717) is 5.92 Å². The molecule has 94 valence electrons. The highest BCUT2D eigenvalue weighted by molar-refractivity contribution is 7.11. The van der Waals surface area contributed by atoms with E-state index in [4.69, 9.17) is 0 Å². The van der Waals surface area contributed by atoms with Crippen molar-refractivity contribution in [1.29, 1.82) is 0 Å². The summed E-state index contributed by atoms with van der Waals surface area (Å²) in [5, 5.41) is 10.3. The topological polar surface area (TPSA) is 53.4 Å². The first-order chi connectivity index (χ1) is 8.06. The van der Waals surface area contributed by atoms with Crippen LogP contribution in [0.4, 0.5) is 0 Å². The number of carboxylic acid groups (broad SMARTS) is 1. The monoisotopic (exact) mass is 254 g/mol. The van der Waals surface area contributed by atoms with Gasteiger partial charge in [-0.1, -0.05) is 6.92 Å². The molecule has 5 heteroatoms. The lowest BCUT2D eigenvalue weighted by Gasteiger charge is -2.35. The Labute approximate surface area is 105 Å². The van der Waals surface area contributed by atoms with Crippen LogP contribution in [0.15, 0.2) is 6.20 Å². The summed E-state index contributed by atoms with van der Waals surface area (Å²) < 4.78 is 0. The van der Waals surface area contributed by atoms with E-state index in [0.717, 1.165) is 35.8 Å². The number of likely N-dealkylation sites (tertiary alicyclic amines) is 1. The summed E-state index contributed by atoms with van der Waals surface area (Å²) >= 11 is 1.65. The molecule has 2 heterocycles. The van der Waals surface area contributed by atoms with Crippen molar-refractivity contribution in [2.45, 2.75) is 39.3 Å². The Balaban J connectivity index is 2.05. The van der Waals surface area contributed by atoms with Crippen molar-refractivity contribution < 1.29 is 9.90 Å². The van der Waals surface area contributed by atoms with Gasteiger partial charge in [-0.15, -0.1) is 11.3 Å². The number of piperidine rings is 1. The van der Waals surface area contributed by atoms with E-state index in [1.165, 1.54) is 0 Å². The summed E-state index contributed by atoms with van der Waals surface area (Å²) in [6.07, 6.45) is 3.70. The summed E-state index contributed by atoms with van der Waals surface area (Å²) in [4.78, 5) is 18.7. The molecule has 0 spiro atoms. The molecule has 0 amide bonds. The van der Waals surface area contributed by atoms with E-state index in [-0.39, 0.29) is 6.04 Å². The zero-order valence-corrected chi connectivity index (χ0v) is 11.0. The van der Waals surface area contributed by atoms with Crippen LogP contribution in [0.2, 0.25) is 0 Å². The number of hydrogen-bond donors (Lipinski definition) is 1. The fourth-order valence-corrected chi connectivity index (χ4v) is 3.14. The highest BCUT2D eigenvalue weighted by Crippen LogP contribution is 2.25. The third kappa shape index (κ3) is 3.04. The van der Waals surface area contributed by atoms with Crippen LogP contribution in [-0.2, 0) is 11.3 Å². The van der Waals surface area contributed by atoms with Crippen molar-refractivity contribution in [2.24, 2.45) is 5.92 Å². The average Bonchev–Trinajstić information content (AvgIpc) is 2.66. The number of aromatic nitrogens is 1. The zero-order valence-electron chi connectivity index (χ0n) is 10.2. The molecule has 1 aliphatic rings. The van der Waals surface area contributed by atoms with Crippen molar-refractivity contribution in [1.82, 2.24) is 9.88 Å². The molecule has 1 N–H and O–H groups in total. The zero-order chi connectivity index (χ0) is 12.4. The Hall–Kier alpha value is -0.940. The van der Waals surface area contributed by atoms with Gasteiger partial charge in [0.25, 0.3) is 0 Å². The molecule has 0 radical (unpaired) electrons. The van der Waals surface area contributed by atoms with Crippen LogP contribution in [-0.4, -0.2) is 33.5 Å². The fraction of sp³-hybridized carbons (Fsp3) is 0.667. The van der Waals surface area contributed by atoms with Crippen molar-refractivity contribution in [3.63, 3.8) is 0 Å². The number of aryl methyl sites for hydroxylation is 1. The highest BCUT2D eigenvalue weighted by atomic mass is 32.1. The maximum Gasteiger partial charge on any atom is 0.320 e. The van der Waals surface area contributed by atoms with E-state index < -0.39 is 5.97 Å². The Morgan fingerprint density at radius 1 is 1.71 bits per heavy atom. The molecule has 0 saturated carbocycles. The number of nitrogens with zero attached hydrogens (tertiary/aromatic N) is 2. The predicted molar refractivity (Wildman–Crippen MR) is 67.1 cm³/mol. The van der Waals surface area contributed by atoms with Crippen molar-refractivity contribution in [3.05, 3.63) is 16.1 Å². The molecule has 0 aliphatic carbocycles. The van der Waals surface area contributed by atoms with Gasteiger partial charge in [-0.2, -0.15) is 0 Å². The minimum Gasteiger partial charge on any atom is -0.480 e. The molecule has 4 nitrogen and oxygen atoms in total. The summed E-state index contributed by atoms with van der Waals surface area (Å²) in [5.74, 6) is -0.187. The predicted octanol–water partition coefficient (Wildman–Crippen LogP) is 2.14. The van der Waals surface area contributed by atoms with E-state index in [1.807, 2.05) is 13.1 Å². The molecule has 17 heavy (non-hydrogen) atoms. The Kier molecular flexibility index (Phi) is 3.79. The normalized spacial score (nSPS) is 26.0. The van der Waals surface area contributed by atoms with Gasteiger partial charge in [0.2, 0.25) is 0 Å². The van der Waals surface area contributed by atoms with Crippen LogP contribution in [0, 0.1) is 12.8 Å². The molecule has 1 fully saturated rings. The molecule has 1 aromatic heterocycles. The maximum absolute atomic E-state index is 11.3. The van der Waals surface area contributed by atoms with Gasteiger partial charge in [0.1, 0.15) is 6.04 Å². The molecule has 1 saturated heterocycles. The number of aliphatic carboxylic acids is 1. The van der Waals surface area contributed by atoms with Crippen LogP contribution < -0.4 is 0 Å². The van der Waals surface area contributed by atoms with Gasteiger partial charge in [-0.05, 0) is 32.2 Å². The first kappa shape index (κ1) is 12.5. The van der Waals surface area contributed by atoms with Crippen LogP contribution >= 0.6 is 11.3 Å². The number of thiazole rings is 1. The minimum atomic E-state index is -0.696. The molecule has 1 aliphatic heterocycles. The summed E-state index contributed by atoms with van der Waals surface area (Å²) in [6, 6.07) is -0.332. The summed E-state index contributed by atoms with van der Waals surface area (Å²) in [7, 11) is 0. The molecular formula is C12H18N2O2S. The number of rotatable bonds is 3. The first-order valence-corrected chi connectivity index (χ1v) is 6.76. The lowest BCUT2D eigenvalue weighted by molar-refractivity contribution is -0.145.